The SMILES string of the molecule is Cc1ccc(C)c(SCc2nc3sc(C(=O)N4CCCC(C)C4)c(C)c3c(=O)[nH]2)c1. The lowest BCUT2D eigenvalue weighted by atomic mass is 10.00. The first kappa shape index (κ1) is 21.1. The Bertz CT molecular complexity index is 1170. The largest absolute Gasteiger partial charge is 0.338 e. The van der Waals surface area contributed by atoms with Gasteiger partial charge in [-0.15, -0.1) is 23.1 Å². The first-order valence-electron chi connectivity index (χ1n) is 10.3. The van der Waals surface area contributed by atoms with Gasteiger partial charge in [-0.3, -0.25) is 9.59 Å². The highest BCUT2D eigenvalue weighted by molar-refractivity contribution is 7.98. The molecule has 1 aromatic carbocycles. The quantitative estimate of drug-likeness (QED) is 0.574. The van der Waals surface area contributed by atoms with Crippen molar-refractivity contribution in [2.45, 2.75) is 51.2 Å². The van der Waals surface area contributed by atoms with Crippen molar-refractivity contribution in [3.63, 3.8) is 0 Å². The molecule has 0 aliphatic carbocycles. The Kier molecular flexibility index (Phi) is 6.02. The zero-order chi connectivity index (χ0) is 21.4. The molecule has 1 amide bonds. The Balaban J connectivity index is 1.61. The van der Waals surface area contributed by atoms with E-state index in [1.807, 2.05) is 11.8 Å². The number of nitrogens with one attached hydrogen (secondary N) is 1. The van der Waals surface area contributed by atoms with Crippen LogP contribution in [0.3, 0.4) is 0 Å². The van der Waals surface area contributed by atoms with Gasteiger partial charge < -0.3 is 9.88 Å². The number of aromatic amines is 1. The number of hydrogen-bond donors (Lipinski definition) is 1. The lowest BCUT2D eigenvalue weighted by Crippen LogP contribution is -2.39. The molecule has 3 aromatic rings. The number of thiophene rings is 1. The predicted molar refractivity (Wildman–Crippen MR) is 125 cm³/mol. The summed E-state index contributed by atoms with van der Waals surface area (Å²) in [5.41, 5.74) is 3.02. The maximum atomic E-state index is 13.1. The smallest absolute Gasteiger partial charge is 0.264 e. The van der Waals surface area contributed by atoms with E-state index in [-0.39, 0.29) is 11.5 Å². The van der Waals surface area contributed by atoms with Crippen molar-refractivity contribution in [1.29, 1.82) is 0 Å². The number of aromatic nitrogens is 2. The summed E-state index contributed by atoms with van der Waals surface area (Å²) in [4.78, 5) is 37.9. The van der Waals surface area contributed by atoms with Gasteiger partial charge in [0.2, 0.25) is 0 Å². The number of hydrogen-bond acceptors (Lipinski definition) is 5. The minimum absolute atomic E-state index is 0.0350. The highest BCUT2D eigenvalue weighted by Gasteiger charge is 2.26. The maximum Gasteiger partial charge on any atom is 0.264 e. The van der Waals surface area contributed by atoms with Crippen molar-refractivity contribution >= 4 is 39.2 Å². The van der Waals surface area contributed by atoms with Crippen LogP contribution in [-0.4, -0.2) is 33.9 Å². The van der Waals surface area contributed by atoms with Crippen molar-refractivity contribution in [1.82, 2.24) is 14.9 Å². The average Bonchev–Trinajstić information content (AvgIpc) is 3.05. The van der Waals surface area contributed by atoms with Gasteiger partial charge in [-0.05, 0) is 56.7 Å². The van der Waals surface area contributed by atoms with Gasteiger partial charge in [0.05, 0.1) is 16.0 Å². The molecular weight excluding hydrogens is 414 g/mol. The molecule has 1 saturated heterocycles. The van der Waals surface area contributed by atoms with E-state index < -0.39 is 0 Å². The molecule has 0 spiro atoms. The molecule has 0 saturated carbocycles. The lowest BCUT2D eigenvalue weighted by molar-refractivity contribution is 0.0687. The van der Waals surface area contributed by atoms with Crippen LogP contribution in [0.5, 0.6) is 0 Å². The van der Waals surface area contributed by atoms with Gasteiger partial charge in [-0.2, -0.15) is 0 Å². The average molecular weight is 442 g/mol. The number of thioether (sulfide) groups is 1. The zero-order valence-electron chi connectivity index (χ0n) is 17.9. The summed E-state index contributed by atoms with van der Waals surface area (Å²) in [5, 5.41) is 0.550. The van der Waals surface area contributed by atoms with Gasteiger partial charge in [-0.1, -0.05) is 24.6 Å². The minimum Gasteiger partial charge on any atom is -0.338 e. The third-order valence-electron chi connectivity index (χ3n) is 5.70. The number of piperidine rings is 1. The first-order valence-corrected chi connectivity index (χ1v) is 12.2. The van der Waals surface area contributed by atoms with Crippen LogP contribution in [0.2, 0.25) is 0 Å². The summed E-state index contributed by atoms with van der Waals surface area (Å²) in [5.74, 6) is 1.78. The normalized spacial score (nSPS) is 16.9. The van der Waals surface area contributed by atoms with Gasteiger partial charge >= 0.3 is 0 Å². The van der Waals surface area contributed by atoms with Gasteiger partial charge in [0, 0.05) is 18.0 Å². The fourth-order valence-corrected chi connectivity index (χ4v) is 6.15. The predicted octanol–water partition coefficient (Wildman–Crippen LogP) is 5.07. The van der Waals surface area contributed by atoms with Gasteiger partial charge in [0.1, 0.15) is 10.7 Å². The monoisotopic (exact) mass is 441 g/mol. The Hall–Kier alpha value is -2.12. The fraction of sp³-hybridized carbons (Fsp3) is 0.435. The molecule has 2 aromatic heterocycles. The number of fused-ring (bicyclic) bond motifs is 1. The second kappa shape index (κ2) is 8.55. The second-order valence-corrected chi connectivity index (χ2v) is 10.3. The van der Waals surface area contributed by atoms with E-state index in [0.29, 0.717) is 32.6 Å². The number of aryl methyl sites for hydroxylation is 3. The van der Waals surface area contributed by atoms with Crippen LogP contribution < -0.4 is 5.56 Å². The second-order valence-electron chi connectivity index (χ2n) is 8.31. The molecule has 1 unspecified atom stereocenters. The Morgan fingerprint density at radius 3 is 2.90 bits per heavy atom. The topological polar surface area (TPSA) is 66.1 Å². The Labute approximate surface area is 184 Å². The molecule has 158 valence electrons. The van der Waals surface area contributed by atoms with E-state index in [1.54, 1.807) is 11.8 Å². The minimum atomic E-state index is -0.156. The van der Waals surface area contributed by atoms with Crippen LogP contribution in [-0.2, 0) is 5.75 Å². The van der Waals surface area contributed by atoms with Crippen molar-refractivity contribution < 1.29 is 4.79 Å². The van der Waals surface area contributed by atoms with E-state index in [1.165, 1.54) is 27.4 Å². The number of rotatable bonds is 4. The molecular formula is C23H27N3O2S2. The molecule has 7 heteroatoms. The maximum absolute atomic E-state index is 13.1. The zero-order valence-corrected chi connectivity index (χ0v) is 19.5. The standard InChI is InChI=1S/C23H27N3O2S2/c1-13-7-8-15(3)17(10-13)29-12-18-24-21(27)19-16(4)20(30-22(19)25-18)23(28)26-9-5-6-14(2)11-26/h7-8,10,14H,5-6,9,11-12H2,1-4H3,(H,24,25,27). The molecule has 3 heterocycles. The molecule has 5 nitrogen and oxygen atoms in total. The van der Waals surface area contributed by atoms with Gasteiger partial charge in [-0.25, -0.2) is 4.98 Å². The number of benzene rings is 1. The van der Waals surface area contributed by atoms with Crippen molar-refractivity contribution in [3.8, 4) is 0 Å². The van der Waals surface area contributed by atoms with Crippen LogP contribution in [0.4, 0.5) is 0 Å². The summed E-state index contributed by atoms with van der Waals surface area (Å²) in [6.07, 6.45) is 2.20. The summed E-state index contributed by atoms with van der Waals surface area (Å²) < 4.78 is 0. The summed E-state index contributed by atoms with van der Waals surface area (Å²) in [6.45, 7) is 9.78. The van der Waals surface area contributed by atoms with Gasteiger partial charge in [0.25, 0.3) is 11.5 Å². The number of carbonyl (C=O) groups is 1. The highest BCUT2D eigenvalue weighted by atomic mass is 32.2. The van der Waals surface area contributed by atoms with Crippen molar-refractivity contribution in [2.75, 3.05) is 13.1 Å². The first-order chi connectivity index (χ1) is 14.3. The molecule has 1 atom stereocenters. The molecule has 1 aliphatic heterocycles. The number of nitrogens with zero attached hydrogens (tertiary/aromatic N) is 2. The van der Waals surface area contributed by atoms with Crippen LogP contribution >= 0.6 is 23.1 Å². The molecule has 4 rings (SSSR count). The van der Waals surface area contributed by atoms with Crippen LogP contribution in [0.15, 0.2) is 27.9 Å². The van der Waals surface area contributed by atoms with E-state index in [2.05, 4.69) is 44.0 Å². The van der Waals surface area contributed by atoms with E-state index >= 15 is 0 Å². The van der Waals surface area contributed by atoms with Gasteiger partial charge in [0.15, 0.2) is 0 Å². The number of carbonyl (C=O) groups excluding carboxylic acids is 1. The van der Waals surface area contributed by atoms with Crippen molar-refractivity contribution in [2.24, 2.45) is 5.92 Å². The van der Waals surface area contributed by atoms with Crippen LogP contribution in [0.1, 0.15) is 52.0 Å². The van der Waals surface area contributed by atoms with Crippen LogP contribution in [0.25, 0.3) is 10.2 Å². The van der Waals surface area contributed by atoms with E-state index in [0.717, 1.165) is 31.5 Å². The number of likely N-dealkylation sites (tertiary alicyclic amines) is 1. The van der Waals surface area contributed by atoms with E-state index in [4.69, 9.17) is 4.98 Å². The molecule has 1 fully saturated rings. The summed E-state index contributed by atoms with van der Waals surface area (Å²) >= 11 is 3.02. The summed E-state index contributed by atoms with van der Waals surface area (Å²) in [7, 11) is 0. The highest BCUT2D eigenvalue weighted by Crippen LogP contribution is 2.31. The molecule has 1 N–H and O–H groups in total. The Morgan fingerprint density at radius 2 is 2.13 bits per heavy atom. The third kappa shape index (κ3) is 4.18. The fourth-order valence-electron chi connectivity index (χ4n) is 3.99. The lowest BCUT2D eigenvalue weighted by Gasteiger charge is -2.30. The number of amides is 1. The summed E-state index contributed by atoms with van der Waals surface area (Å²) in [6, 6.07) is 6.36. The third-order valence-corrected chi connectivity index (χ3v) is 8.04. The molecule has 1 aliphatic rings. The van der Waals surface area contributed by atoms with Crippen molar-refractivity contribution in [3.05, 3.63) is 55.9 Å². The molecule has 0 radical (unpaired) electrons. The van der Waals surface area contributed by atoms with E-state index in [9.17, 15) is 9.59 Å². The number of H-pyrrole nitrogens is 1. The molecule has 0 bridgehead atoms. The Morgan fingerprint density at radius 1 is 1.33 bits per heavy atom. The molecule has 30 heavy (non-hydrogen) atoms. The van der Waals surface area contributed by atoms with Crippen LogP contribution in [0, 0.1) is 26.7 Å².